The zero-order valence-electron chi connectivity index (χ0n) is 18.9. The SMILES string of the molecule is CCCCCCCC=CCC(C)CCCCCCCCCCCCCC. The van der Waals surface area contributed by atoms with E-state index in [2.05, 4.69) is 32.9 Å². The van der Waals surface area contributed by atoms with E-state index in [9.17, 15) is 0 Å². The van der Waals surface area contributed by atoms with Crippen LogP contribution in [0.3, 0.4) is 0 Å². The van der Waals surface area contributed by atoms with Gasteiger partial charge in [0.25, 0.3) is 0 Å². The zero-order valence-corrected chi connectivity index (χ0v) is 18.9. The fourth-order valence-corrected chi connectivity index (χ4v) is 3.76. The van der Waals surface area contributed by atoms with Crippen molar-refractivity contribution in [1.82, 2.24) is 0 Å². The van der Waals surface area contributed by atoms with Gasteiger partial charge in [-0.15, -0.1) is 0 Å². The van der Waals surface area contributed by atoms with Crippen LogP contribution in [-0.4, -0.2) is 0 Å². The van der Waals surface area contributed by atoms with Gasteiger partial charge in [0.05, 0.1) is 0 Å². The van der Waals surface area contributed by atoms with Gasteiger partial charge in [0, 0.05) is 0 Å². The molecular formula is C26H52. The van der Waals surface area contributed by atoms with E-state index in [1.807, 2.05) is 0 Å². The Bertz CT molecular complexity index is 265. The summed E-state index contributed by atoms with van der Waals surface area (Å²) in [6.07, 6.45) is 33.4. The van der Waals surface area contributed by atoms with Gasteiger partial charge in [-0.25, -0.2) is 0 Å². The lowest BCUT2D eigenvalue weighted by Gasteiger charge is -2.08. The summed E-state index contributed by atoms with van der Waals surface area (Å²) in [5.41, 5.74) is 0. The molecule has 0 amide bonds. The summed E-state index contributed by atoms with van der Waals surface area (Å²) in [7, 11) is 0. The molecule has 1 unspecified atom stereocenters. The molecule has 0 bridgehead atoms. The second-order valence-electron chi connectivity index (χ2n) is 8.69. The quantitative estimate of drug-likeness (QED) is 0.140. The van der Waals surface area contributed by atoms with Crippen molar-refractivity contribution in [3.05, 3.63) is 12.2 Å². The Labute approximate surface area is 167 Å². The maximum Gasteiger partial charge on any atom is -0.0325 e. The van der Waals surface area contributed by atoms with Gasteiger partial charge < -0.3 is 0 Å². The zero-order chi connectivity index (χ0) is 19.1. The fourth-order valence-electron chi connectivity index (χ4n) is 3.76. The second kappa shape index (κ2) is 22.8. The monoisotopic (exact) mass is 364 g/mol. The van der Waals surface area contributed by atoms with Crippen molar-refractivity contribution in [1.29, 1.82) is 0 Å². The smallest absolute Gasteiger partial charge is 0.0325 e. The Morgan fingerprint density at radius 1 is 0.500 bits per heavy atom. The summed E-state index contributed by atoms with van der Waals surface area (Å²) < 4.78 is 0. The van der Waals surface area contributed by atoms with Gasteiger partial charge in [-0.2, -0.15) is 0 Å². The average Bonchev–Trinajstić information content (AvgIpc) is 2.65. The molecule has 0 heterocycles. The van der Waals surface area contributed by atoms with Crippen LogP contribution in [0.1, 0.15) is 149 Å². The highest BCUT2D eigenvalue weighted by molar-refractivity contribution is 4.83. The normalized spacial score (nSPS) is 12.9. The molecule has 0 aliphatic carbocycles. The molecule has 0 fully saturated rings. The number of rotatable bonds is 21. The first-order valence-electron chi connectivity index (χ1n) is 12.5. The summed E-state index contributed by atoms with van der Waals surface area (Å²) >= 11 is 0. The molecule has 26 heavy (non-hydrogen) atoms. The van der Waals surface area contributed by atoms with E-state index < -0.39 is 0 Å². The predicted octanol–water partition coefficient (Wildman–Crippen LogP) is 10.0. The van der Waals surface area contributed by atoms with Crippen LogP contribution >= 0.6 is 0 Å². The molecule has 0 nitrogen and oxygen atoms in total. The van der Waals surface area contributed by atoms with E-state index in [4.69, 9.17) is 0 Å². The summed E-state index contributed by atoms with van der Waals surface area (Å²) in [5.74, 6) is 0.884. The van der Waals surface area contributed by atoms with E-state index in [0.717, 1.165) is 5.92 Å². The third-order valence-corrected chi connectivity index (χ3v) is 5.73. The summed E-state index contributed by atoms with van der Waals surface area (Å²) in [4.78, 5) is 0. The van der Waals surface area contributed by atoms with E-state index in [1.54, 1.807) is 0 Å². The van der Waals surface area contributed by atoms with Crippen LogP contribution < -0.4 is 0 Å². The van der Waals surface area contributed by atoms with Gasteiger partial charge in [0.15, 0.2) is 0 Å². The summed E-state index contributed by atoms with van der Waals surface area (Å²) in [6.45, 7) is 7.02. The van der Waals surface area contributed by atoms with Crippen molar-refractivity contribution in [3.8, 4) is 0 Å². The average molecular weight is 365 g/mol. The number of hydrogen-bond acceptors (Lipinski definition) is 0. The Kier molecular flexibility index (Phi) is 22.6. The van der Waals surface area contributed by atoms with Crippen molar-refractivity contribution in [3.63, 3.8) is 0 Å². The summed E-state index contributed by atoms with van der Waals surface area (Å²) in [6, 6.07) is 0. The Hall–Kier alpha value is -0.260. The standard InChI is InChI=1S/C26H52/c1-4-6-8-10-12-14-15-16-17-19-21-23-25-26(3)24-22-20-18-13-11-9-7-5-2/h20,22,26H,4-19,21,23-25H2,1-3H3. The second-order valence-corrected chi connectivity index (χ2v) is 8.69. The minimum Gasteiger partial charge on any atom is -0.0885 e. The molecule has 0 aromatic heterocycles. The molecule has 0 rings (SSSR count). The molecule has 0 radical (unpaired) electrons. The molecule has 0 N–H and O–H groups in total. The molecule has 0 heteroatoms. The third-order valence-electron chi connectivity index (χ3n) is 5.73. The van der Waals surface area contributed by atoms with Crippen molar-refractivity contribution in [2.75, 3.05) is 0 Å². The van der Waals surface area contributed by atoms with Crippen LogP contribution in [0.4, 0.5) is 0 Å². The maximum absolute atomic E-state index is 2.45. The number of hydrogen-bond donors (Lipinski definition) is 0. The molecule has 0 aliphatic heterocycles. The lowest BCUT2D eigenvalue weighted by molar-refractivity contribution is 0.482. The van der Waals surface area contributed by atoms with Crippen LogP contribution in [0.25, 0.3) is 0 Å². The Morgan fingerprint density at radius 2 is 0.923 bits per heavy atom. The van der Waals surface area contributed by atoms with E-state index in [1.165, 1.54) is 128 Å². The molecule has 0 aromatic rings. The first-order valence-corrected chi connectivity index (χ1v) is 12.5. The number of allylic oxidation sites excluding steroid dienone is 2. The molecule has 1 atom stereocenters. The molecule has 0 aromatic carbocycles. The minimum atomic E-state index is 0.884. The third kappa shape index (κ3) is 21.8. The molecule has 0 saturated carbocycles. The van der Waals surface area contributed by atoms with Crippen LogP contribution in [0.5, 0.6) is 0 Å². The van der Waals surface area contributed by atoms with Gasteiger partial charge in [-0.1, -0.05) is 142 Å². The van der Waals surface area contributed by atoms with Crippen molar-refractivity contribution in [2.45, 2.75) is 149 Å². The van der Waals surface area contributed by atoms with Crippen LogP contribution in [0.2, 0.25) is 0 Å². The highest BCUT2D eigenvalue weighted by Crippen LogP contribution is 2.16. The van der Waals surface area contributed by atoms with E-state index in [-0.39, 0.29) is 0 Å². The molecule has 156 valence electrons. The van der Waals surface area contributed by atoms with Gasteiger partial charge in [0.1, 0.15) is 0 Å². The fraction of sp³-hybridized carbons (Fsp3) is 0.923. The van der Waals surface area contributed by atoms with Gasteiger partial charge in [-0.3, -0.25) is 0 Å². The topological polar surface area (TPSA) is 0 Å². The number of unbranched alkanes of at least 4 members (excludes halogenated alkanes) is 16. The molecular weight excluding hydrogens is 312 g/mol. The first kappa shape index (κ1) is 25.7. The lowest BCUT2D eigenvalue weighted by atomic mass is 9.98. The molecule has 0 aliphatic rings. The van der Waals surface area contributed by atoms with Crippen molar-refractivity contribution < 1.29 is 0 Å². The Morgan fingerprint density at radius 3 is 1.42 bits per heavy atom. The minimum absolute atomic E-state index is 0.884. The van der Waals surface area contributed by atoms with Gasteiger partial charge in [-0.05, 0) is 25.2 Å². The highest BCUT2D eigenvalue weighted by atomic mass is 14.1. The van der Waals surface area contributed by atoms with E-state index in [0.29, 0.717) is 0 Å². The first-order chi connectivity index (χ1) is 12.8. The predicted molar refractivity (Wildman–Crippen MR) is 122 cm³/mol. The van der Waals surface area contributed by atoms with Crippen LogP contribution in [-0.2, 0) is 0 Å². The lowest BCUT2D eigenvalue weighted by Crippen LogP contribution is -1.92. The maximum atomic E-state index is 2.45. The van der Waals surface area contributed by atoms with Gasteiger partial charge in [0.2, 0.25) is 0 Å². The van der Waals surface area contributed by atoms with Crippen LogP contribution in [0, 0.1) is 5.92 Å². The summed E-state index contributed by atoms with van der Waals surface area (Å²) in [5, 5.41) is 0. The van der Waals surface area contributed by atoms with Crippen molar-refractivity contribution in [2.24, 2.45) is 5.92 Å². The Balaban J connectivity index is 3.20. The van der Waals surface area contributed by atoms with Crippen molar-refractivity contribution >= 4 is 0 Å². The molecule has 0 saturated heterocycles. The van der Waals surface area contributed by atoms with Gasteiger partial charge >= 0.3 is 0 Å². The molecule has 0 spiro atoms. The van der Waals surface area contributed by atoms with Crippen LogP contribution in [0.15, 0.2) is 12.2 Å². The van der Waals surface area contributed by atoms with E-state index >= 15 is 0 Å². The highest BCUT2D eigenvalue weighted by Gasteiger charge is 2.00. The largest absolute Gasteiger partial charge is 0.0885 e.